The number of thiocarbonyl (C=S) groups is 1. The molecule has 1 amide bonds. The lowest BCUT2D eigenvalue weighted by Crippen LogP contribution is -2.27. The van der Waals surface area contributed by atoms with Crippen molar-refractivity contribution in [3.05, 3.63) is 34.2 Å². The predicted molar refractivity (Wildman–Crippen MR) is 83.3 cm³/mol. The van der Waals surface area contributed by atoms with Gasteiger partial charge in [-0.1, -0.05) is 30.0 Å². The Morgan fingerprint density at radius 3 is 2.74 bits per heavy atom. The Kier molecular flexibility index (Phi) is 4.27. The molecule has 0 unspecified atom stereocenters. The molecule has 19 heavy (non-hydrogen) atoms. The molecule has 5 heteroatoms. The van der Waals surface area contributed by atoms with Gasteiger partial charge in [-0.3, -0.25) is 9.69 Å². The molecule has 1 fully saturated rings. The third kappa shape index (κ3) is 2.82. The van der Waals surface area contributed by atoms with Gasteiger partial charge in [0.15, 0.2) is 0 Å². The quantitative estimate of drug-likeness (QED) is 0.632. The van der Waals surface area contributed by atoms with Crippen LogP contribution < -0.4 is 4.74 Å². The van der Waals surface area contributed by atoms with E-state index in [4.69, 9.17) is 17.0 Å². The second kappa shape index (κ2) is 5.75. The van der Waals surface area contributed by atoms with Crippen molar-refractivity contribution in [2.45, 2.75) is 13.8 Å². The van der Waals surface area contributed by atoms with E-state index in [1.54, 1.807) is 12.0 Å². The van der Waals surface area contributed by atoms with E-state index in [1.807, 2.05) is 38.1 Å². The first-order chi connectivity index (χ1) is 9.06. The van der Waals surface area contributed by atoms with Gasteiger partial charge in [-0.25, -0.2) is 0 Å². The molecule has 0 spiro atoms. The monoisotopic (exact) mass is 293 g/mol. The van der Waals surface area contributed by atoms with Gasteiger partial charge in [-0.05, 0) is 43.2 Å². The van der Waals surface area contributed by atoms with Gasteiger partial charge in [-0.15, -0.1) is 0 Å². The van der Waals surface area contributed by atoms with Crippen molar-refractivity contribution in [1.29, 1.82) is 0 Å². The number of methoxy groups -OCH3 is 1. The maximum atomic E-state index is 12.1. The van der Waals surface area contributed by atoms with Gasteiger partial charge in [0.25, 0.3) is 5.91 Å². The maximum absolute atomic E-state index is 12.1. The van der Waals surface area contributed by atoms with Crippen molar-refractivity contribution in [2.75, 3.05) is 13.7 Å². The van der Waals surface area contributed by atoms with E-state index in [1.165, 1.54) is 11.8 Å². The van der Waals surface area contributed by atoms with Crippen LogP contribution in [-0.4, -0.2) is 28.8 Å². The summed E-state index contributed by atoms with van der Waals surface area (Å²) < 4.78 is 5.85. The molecular formula is C14H15NO2S2. The first-order valence-electron chi connectivity index (χ1n) is 5.96. The largest absolute Gasteiger partial charge is 0.496 e. The van der Waals surface area contributed by atoms with Gasteiger partial charge in [-0.2, -0.15) is 0 Å². The number of rotatable bonds is 3. The Bertz CT molecular complexity index is 567. The van der Waals surface area contributed by atoms with Crippen LogP contribution in [0.2, 0.25) is 0 Å². The highest BCUT2D eigenvalue weighted by atomic mass is 32.2. The molecule has 1 aliphatic heterocycles. The zero-order chi connectivity index (χ0) is 14.0. The topological polar surface area (TPSA) is 29.5 Å². The van der Waals surface area contributed by atoms with Crippen LogP contribution in [0, 0.1) is 6.92 Å². The van der Waals surface area contributed by atoms with Crippen molar-refractivity contribution in [1.82, 2.24) is 4.90 Å². The molecule has 3 nitrogen and oxygen atoms in total. The average molecular weight is 293 g/mol. The minimum Gasteiger partial charge on any atom is -0.496 e. The molecule has 0 N–H and O–H groups in total. The molecule has 0 atom stereocenters. The molecular weight excluding hydrogens is 278 g/mol. The van der Waals surface area contributed by atoms with E-state index in [2.05, 4.69) is 0 Å². The second-order valence-electron chi connectivity index (χ2n) is 4.16. The van der Waals surface area contributed by atoms with Gasteiger partial charge < -0.3 is 4.74 Å². The summed E-state index contributed by atoms with van der Waals surface area (Å²) in [7, 11) is 1.65. The lowest BCUT2D eigenvalue weighted by Gasteiger charge is -2.09. The number of carbonyl (C=O) groups is 1. The fourth-order valence-corrected chi connectivity index (χ4v) is 3.30. The number of ether oxygens (including phenoxy) is 1. The smallest absolute Gasteiger partial charge is 0.266 e. The maximum Gasteiger partial charge on any atom is 0.266 e. The van der Waals surface area contributed by atoms with Crippen LogP contribution in [0.3, 0.4) is 0 Å². The zero-order valence-electron chi connectivity index (χ0n) is 11.1. The number of hydrogen-bond donors (Lipinski definition) is 0. The summed E-state index contributed by atoms with van der Waals surface area (Å²) in [6.07, 6.45) is 1.88. The Morgan fingerprint density at radius 1 is 1.47 bits per heavy atom. The first kappa shape index (κ1) is 14.1. The highest BCUT2D eigenvalue weighted by Crippen LogP contribution is 2.32. The number of thioether (sulfide) groups is 1. The molecule has 1 aromatic carbocycles. The first-order valence-corrected chi connectivity index (χ1v) is 7.19. The molecule has 1 heterocycles. The van der Waals surface area contributed by atoms with Crippen molar-refractivity contribution < 1.29 is 9.53 Å². The van der Waals surface area contributed by atoms with Crippen LogP contribution in [-0.2, 0) is 4.79 Å². The number of benzene rings is 1. The summed E-state index contributed by atoms with van der Waals surface area (Å²) in [5, 5.41) is 0. The molecule has 1 saturated heterocycles. The fourth-order valence-electron chi connectivity index (χ4n) is 1.92. The van der Waals surface area contributed by atoms with Crippen LogP contribution in [0.4, 0.5) is 0 Å². The molecule has 100 valence electrons. The second-order valence-corrected chi connectivity index (χ2v) is 5.83. The Labute approximate surface area is 122 Å². The fraction of sp³-hybridized carbons (Fsp3) is 0.286. The zero-order valence-corrected chi connectivity index (χ0v) is 12.7. The minimum absolute atomic E-state index is 0.00836. The third-order valence-corrected chi connectivity index (χ3v) is 4.28. The summed E-state index contributed by atoms with van der Waals surface area (Å²) in [4.78, 5) is 14.4. The molecule has 0 saturated carbocycles. The molecule has 0 radical (unpaired) electrons. The van der Waals surface area contributed by atoms with Crippen molar-refractivity contribution >= 4 is 40.3 Å². The van der Waals surface area contributed by atoms with E-state index in [9.17, 15) is 4.79 Å². The van der Waals surface area contributed by atoms with Crippen LogP contribution >= 0.6 is 24.0 Å². The van der Waals surface area contributed by atoms with Gasteiger partial charge in [0.05, 0.1) is 12.0 Å². The van der Waals surface area contributed by atoms with Crippen LogP contribution in [0.1, 0.15) is 18.1 Å². The summed E-state index contributed by atoms with van der Waals surface area (Å²) in [6, 6.07) is 5.84. The Balaban J connectivity index is 2.30. The summed E-state index contributed by atoms with van der Waals surface area (Å²) >= 11 is 6.54. The van der Waals surface area contributed by atoms with Gasteiger partial charge in [0.1, 0.15) is 10.1 Å². The summed E-state index contributed by atoms with van der Waals surface area (Å²) in [5.74, 6) is 0.837. The van der Waals surface area contributed by atoms with E-state index >= 15 is 0 Å². The molecule has 2 rings (SSSR count). The number of likely N-dealkylation sites (N-methyl/N-ethyl adjacent to an activating group) is 1. The number of carbonyl (C=O) groups excluding carboxylic acids is 1. The highest BCUT2D eigenvalue weighted by Gasteiger charge is 2.30. The van der Waals surface area contributed by atoms with Crippen LogP contribution in [0.15, 0.2) is 23.1 Å². The number of amides is 1. The van der Waals surface area contributed by atoms with E-state index < -0.39 is 0 Å². The molecule has 1 aromatic rings. The van der Waals surface area contributed by atoms with Crippen molar-refractivity contribution in [2.24, 2.45) is 0 Å². The lowest BCUT2D eigenvalue weighted by atomic mass is 10.1. The van der Waals surface area contributed by atoms with Gasteiger partial charge in [0, 0.05) is 6.54 Å². The molecule has 0 bridgehead atoms. The number of hydrogen-bond acceptors (Lipinski definition) is 4. The Hall–Kier alpha value is -1.33. The van der Waals surface area contributed by atoms with E-state index in [-0.39, 0.29) is 5.91 Å². The van der Waals surface area contributed by atoms with Crippen LogP contribution in [0.25, 0.3) is 6.08 Å². The third-order valence-electron chi connectivity index (χ3n) is 2.91. The van der Waals surface area contributed by atoms with Gasteiger partial charge in [0.2, 0.25) is 0 Å². The van der Waals surface area contributed by atoms with E-state index in [0.717, 1.165) is 16.9 Å². The van der Waals surface area contributed by atoms with Crippen LogP contribution in [0.5, 0.6) is 5.75 Å². The normalized spacial score (nSPS) is 17.4. The predicted octanol–water partition coefficient (Wildman–Crippen LogP) is 3.22. The van der Waals surface area contributed by atoms with Gasteiger partial charge >= 0.3 is 0 Å². The Morgan fingerprint density at radius 2 is 2.21 bits per heavy atom. The molecule has 1 aliphatic rings. The summed E-state index contributed by atoms with van der Waals surface area (Å²) in [5.41, 5.74) is 2.03. The SMILES string of the molecule is CCN1C(=O)C(=Cc2ccc(OC)c(C)c2)SC1=S. The number of aryl methyl sites for hydroxylation is 1. The molecule has 0 aliphatic carbocycles. The average Bonchev–Trinajstić information content (AvgIpc) is 2.64. The minimum atomic E-state index is -0.00836. The number of nitrogens with zero attached hydrogens (tertiary/aromatic N) is 1. The summed E-state index contributed by atoms with van der Waals surface area (Å²) in [6.45, 7) is 4.52. The van der Waals surface area contributed by atoms with E-state index in [0.29, 0.717) is 15.8 Å². The van der Waals surface area contributed by atoms with Crippen molar-refractivity contribution in [3.63, 3.8) is 0 Å². The highest BCUT2D eigenvalue weighted by molar-refractivity contribution is 8.26. The lowest BCUT2D eigenvalue weighted by molar-refractivity contribution is -0.121. The van der Waals surface area contributed by atoms with Crippen molar-refractivity contribution in [3.8, 4) is 5.75 Å². The molecule has 0 aromatic heterocycles. The standard InChI is InChI=1S/C14H15NO2S2/c1-4-15-13(16)12(19-14(15)18)8-10-5-6-11(17-3)9(2)7-10/h5-8H,4H2,1-3H3.